The summed E-state index contributed by atoms with van der Waals surface area (Å²) in [5.41, 5.74) is -0.302. The molecule has 2 aromatic rings. The molecule has 0 saturated carbocycles. The monoisotopic (exact) mass is 343 g/mol. The fraction of sp³-hybridized carbons (Fsp3) is 0.286. The van der Waals surface area contributed by atoms with Gasteiger partial charge in [-0.25, -0.2) is 9.78 Å². The Labute approximate surface area is 135 Å². The minimum absolute atomic E-state index is 0.319. The van der Waals surface area contributed by atoms with Gasteiger partial charge in [-0.1, -0.05) is 23.9 Å². The lowest BCUT2D eigenvalue weighted by molar-refractivity contribution is 0.241. The first-order valence-corrected chi connectivity index (χ1v) is 8.17. The normalized spacial score (nSPS) is 11.5. The average Bonchev–Trinajstić information content (AvgIpc) is 2.94. The van der Waals surface area contributed by atoms with Gasteiger partial charge in [0.15, 0.2) is 0 Å². The molecule has 1 aromatic carbocycles. The minimum atomic E-state index is -2.54. The van der Waals surface area contributed by atoms with Crippen LogP contribution in [0.25, 0.3) is 0 Å². The van der Waals surface area contributed by atoms with E-state index in [4.69, 9.17) is 0 Å². The zero-order chi connectivity index (χ0) is 16.2. The van der Waals surface area contributed by atoms with Crippen LogP contribution in [-0.4, -0.2) is 16.8 Å². The first-order chi connectivity index (χ1) is 10.4. The predicted octanol–water partition coefficient (Wildman–Crippen LogP) is 4.51. The largest absolute Gasteiger partial charge is 0.326 e. The van der Waals surface area contributed by atoms with E-state index in [1.54, 1.807) is 30.5 Å². The molecule has 2 amide bonds. The molecule has 1 heterocycles. The summed E-state index contributed by atoms with van der Waals surface area (Å²) < 4.78 is 25.0. The van der Waals surface area contributed by atoms with Crippen molar-refractivity contribution in [2.75, 3.05) is 5.32 Å². The highest BCUT2D eigenvalue weighted by Gasteiger charge is 2.25. The standard InChI is InChI=1S/C14H15F2N3OS2/c1-14(2,11-17-7-8-21-11)19-13(20)18-9-5-3-4-6-10(9)22-12(15)16/h3-8,12H,1-2H3,(H2,18,19,20). The molecule has 0 aliphatic carbocycles. The maximum atomic E-state index is 12.5. The van der Waals surface area contributed by atoms with Crippen LogP contribution in [0.4, 0.5) is 19.3 Å². The molecule has 0 spiro atoms. The van der Waals surface area contributed by atoms with Crippen molar-refractivity contribution >= 4 is 34.8 Å². The van der Waals surface area contributed by atoms with Gasteiger partial charge in [-0.2, -0.15) is 8.78 Å². The van der Waals surface area contributed by atoms with Gasteiger partial charge in [0.2, 0.25) is 0 Å². The van der Waals surface area contributed by atoms with Crippen LogP contribution < -0.4 is 10.6 Å². The lowest BCUT2D eigenvalue weighted by atomic mass is 10.1. The van der Waals surface area contributed by atoms with Crippen molar-refractivity contribution in [3.8, 4) is 0 Å². The number of nitrogens with one attached hydrogen (secondary N) is 2. The van der Waals surface area contributed by atoms with Crippen molar-refractivity contribution in [1.82, 2.24) is 10.3 Å². The van der Waals surface area contributed by atoms with Gasteiger partial charge < -0.3 is 10.6 Å². The SMILES string of the molecule is CC(C)(NC(=O)Nc1ccccc1SC(F)F)c1nccs1. The Balaban J connectivity index is 2.06. The van der Waals surface area contributed by atoms with E-state index in [-0.39, 0.29) is 0 Å². The predicted molar refractivity (Wildman–Crippen MR) is 85.6 cm³/mol. The number of aromatic nitrogens is 1. The third kappa shape index (κ3) is 4.41. The van der Waals surface area contributed by atoms with E-state index in [0.29, 0.717) is 22.3 Å². The molecule has 0 aliphatic heterocycles. The van der Waals surface area contributed by atoms with Gasteiger partial charge in [-0.15, -0.1) is 11.3 Å². The van der Waals surface area contributed by atoms with Crippen LogP contribution in [0.1, 0.15) is 18.9 Å². The Bertz CT molecular complexity index is 633. The quantitative estimate of drug-likeness (QED) is 0.785. The highest BCUT2D eigenvalue weighted by molar-refractivity contribution is 7.99. The molecule has 2 rings (SSSR count). The van der Waals surface area contributed by atoms with Gasteiger partial charge in [0.25, 0.3) is 5.76 Å². The molecule has 0 bridgehead atoms. The third-order valence-electron chi connectivity index (χ3n) is 2.74. The van der Waals surface area contributed by atoms with Gasteiger partial charge in [-0.3, -0.25) is 0 Å². The fourth-order valence-corrected chi connectivity index (χ4v) is 3.10. The number of urea groups is 1. The Hall–Kier alpha value is -1.67. The number of carbonyl (C=O) groups is 1. The van der Waals surface area contributed by atoms with Crippen molar-refractivity contribution < 1.29 is 13.6 Å². The summed E-state index contributed by atoms with van der Waals surface area (Å²) in [5, 5.41) is 7.98. The second-order valence-corrected chi connectivity index (χ2v) is 6.84. The van der Waals surface area contributed by atoms with Crippen molar-refractivity contribution in [3.63, 3.8) is 0 Å². The molecule has 0 atom stereocenters. The smallest absolute Gasteiger partial charge is 0.320 e. The van der Waals surface area contributed by atoms with Crippen molar-refractivity contribution in [3.05, 3.63) is 40.8 Å². The summed E-state index contributed by atoms with van der Waals surface area (Å²) in [5.74, 6) is -2.54. The number of thiazole rings is 1. The molecule has 22 heavy (non-hydrogen) atoms. The molecule has 0 unspecified atom stereocenters. The lowest BCUT2D eigenvalue weighted by Gasteiger charge is -2.24. The van der Waals surface area contributed by atoms with E-state index in [2.05, 4.69) is 15.6 Å². The van der Waals surface area contributed by atoms with E-state index < -0.39 is 17.3 Å². The van der Waals surface area contributed by atoms with Crippen molar-refractivity contribution in [2.24, 2.45) is 0 Å². The van der Waals surface area contributed by atoms with Crippen LogP contribution in [0.2, 0.25) is 0 Å². The Morgan fingerprint density at radius 2 is 2.09 bits per heavy atom. The molecule has 0 fully saturated rings. The summed E-state index contributed by atoms with van der Waals surface area (Å²) in [6.45, 7) is 3.65. The number of alkyl halides is 2. The Morgan fingerprint density at radius 3 is 2.73 bits per heavy atom. The summed E-state index contributed by atoms with van der Waals surface area (Å²) >= 11 is 1.83. The summed E-state index contributed by atoms with van der Waals surface area (Å²) in [4.78, 5) is 16.6. The van der Waals surface area contributed by atoms with Crippen LogP contribution in [0.3, 0.4) is 0 Å². The molecule has 2 N–H and O–H groups in total. The highest BCUT2D eigenvalue weighted by Crippen LogP contribution is 2.31. The summed E-state index contributed by atoms with van der Waals surface area (Å²) in [7, 11) is 0. The highest BCUT2D eigenvalue weighted by atomic mass is 32.2. The molecular weight excluding hydrogens is 328 g/mol. The van der Waals surface area contributed by atoms with Gasteiger partial charge in [0, 0.05) is 16.5 Å². The van der Waals surface area contributed by atoms with E-state index in [9.17, 15) is 13.6 Å². The maximum absolute atomic E-state index is 12.5. The number of hydrogen-bond acceptors (Lipinski definition) is 4. The number of amides is 2. The number of nitrogens with zero attached hydrogens (tertiary/aromatic N) is 1. The van der Waals surface area contributed by atoms with Gasteiger partial charge >= 0.3 is 6.03 Å². The van der Waals surface area contributed by atoms with Crippen LogP contribution in [-0.2, 0) is 5.54 Å². The van der Waals surface area contributed by atoms with Crippen LogP contribution in [0, 0.1) is 0 Å². The molecular formula is C14H15F2N3OS2. The minimum Gasteiger partial charge on any atom is -0.326 e. The van der Waals surface area contributed by atoms with Gasteiger partial charge in [-0.05, 0) is 26.0 Å². The second kappa shape index (κ2) is 7.06. The number of halogens is 2. The zero-order valence-electron chi connectivity index (χ0n) is 12.0. The number of thioether (sulfide) groups is 1. The average molecular weight is 343 g/mol. The molecule has 118 valence electrons. The number of anilines is 1. The topological polar surface area (TPSA) is 54.0 Å². The third-order valence-corrected chi connectivity index (χ3v) is 4.63. The first kappa shape index (κ1) is 16.7. The van der Waals surface area contributed by atoms with E-state index >= 15 is 0 Å². The van der Waals surface area contributed by atoms with E-state index in [1.165, 1.54) is 11.3 Å². The van der Waals surface area contributed by atoms with E-state index in [0.717, 1.165) is 5.01 Å². The van der Waals surface area contributed by atoms with Crippen LogP contribution >= 0.6 is 23.1 Å². The van der Waals surface area contributed by atoms with Crippen molar-refractivity contribution in [1.29, 1.82) is 0 Å². The molecule has 0 saturated heterocycles. The Kier molecular flexibility index (Phi) is 5.36. The number of benzene rings is 1. The number of rotatable bonds is 5. The number of para-hydroxylation sites is 1. The van der Waals surface area contributed by atoms with Gasteiger partial charge in [0.1, 0.15) is 5.01 Å². The maximum Gasteiger partial charge on any atom is 0.320 e. The van der Waals surface area contributed by atoms with E-state index in [1.807, 2.05) is 19.2 Å². The molecule has 4 nitrogen and oxygen atoms in total. The molecule has 0 radical (unpaired) electrons. The summed E-state index contributed by atoms with van der Waals surface area (Å²) in [6, 6.07) is 5.98. The van der Waals surface area contributed by atoms with Crippen LogP contribution in [0.15, 0.2) is 40.7 Å². The van der Waals surface area contributed by atoms with Crippen LogP contribution in [0.5, 0.6) is 0 Å². The molecule has 0 aliphatic rings. The zero-order valence-corrected chi connectivity index (χ0v) is 13.6. The lowest BCUT2D eigenvalue weighted by Crippen LogP contribution is -2.43. The number of hydrogen-bond donors (Lipinski definition) is 2. The molecule has 1 aromatic heterocycles. The first-order valence-electron chi connectivity index (χ1n) is 6.41. The molecule has 8 heteroatoms. The summed E-state index contributed by atoms with van der Waals surface area (Å²) in [6.07, 6.45) is 1.66. The fourth-order valence-electron chi connectivity index (χ4n) is 1.79. The van der Waals surface area contributed by atoms with Gasteiger partial charge in [0.05, 0.1) is 11.2 Å². The second-order valence-electron chi connectivity index (χ2n) is 4.92. The number of carbonyl (C=O) groups excluding carboxylic acids is 1. The van der Waals surface area contributed by atoms with Crippen molar-refractivity contribution in [2.45, 2.75) is 30.0 Å². The Morgan fingerprint density at radius 1 is 1.36 bits per heavy atom.